The van der Waals surface area contributed by atoms with Gasteiger partial charge in [-0.05, 0) is 18.6 Å². The van der Waals surface area contributed by atoms with Crippen LogP contribution >= 0.6 is 11.8 Å². The number of fused-ring (bicyclic) bond motifs is 1. The number of hydrogen-bond donors (Lipinski definition) is 0. The second kappa shape index (κ2) is 1.77. The van der Waals surface area contributed by atoms with E-state index in [-0.39, 0.29) is 0 Å². The molecule has 0 aromatic rings. The highest BCUT2D eigenvalue weighted by Crippen LogP contribution is 2.39. The summed E-state index contributed by atoms with van der Waals surface area (Å²) in [6.45, 7) is 2.21. The fourth-order valence-electron chi connectivity index (χ4n) is 1.15. The average Bonchev–Trinajstić information content (AvgIpc) is 2.35. The molecule has 0 saturated heterocycles. The van der Waals surface area contributed by atoms with Crippen molar-refractivity contribution in [3.05, 3.63) is 34.3 Å². The van der Waals surface area contributed by atoms with Crippen molar-refractivity contribution in [3.8, 4) is 0 Å². The SMILES string of the molecule is CC1=C2C=CC=C2SC1. The van der Waals surface area contributed by atoms with Crippen LogP contribution in [0.3, 0.4) is 0 Å². The third-order valence-electron chi connectivity index (χ3n) is 1.68. The van der Waals surface area contributed by atoms with Crippen molar-refractivity contribution in [2.45, 2.75) is 6.92 Å². The van der Waals surface area contributed by atoms with Crippen molar-refractivity contribution in [1.29, 1.82) is 0 Å². The van der Waals surface area contributed by atoms with Gasteiger partial charge in [-0.1, -0.05) is 17.7 Å². The first-order chi connectivity index (χ1) is 4.38. The summed E-state index contributed by atoms with van der Waals surface area (Å²) in [6, 6.07) is 0. The van der Waals surface area contributed by atoms with Crippen LogP contribution in [0.2, 0.25) is 0 Å². The molecule has 1 aliphatic carbocycles. The quantitative estimate of drug-likeness (QED) is 0.493. The van der Waals surface area contributed by atoms with Crippen molar-refractivity contribution in [3.63, 3.8) is 0 Å². The van der Waals surface area contributed by atoms with Crippen molar-refractivity contribution >= 4 is 11.8 Å². The lowest BCUT2D eigenvalue weighted by Crippen LogP contribution is -1.73. The van der Waals surface area contributed by atoms with Crippen LogP contribution in [0.25, 0.3) is 0 Å². The van der Waals surface area contributed by atoms with Crippen LogP contribution in [-0.4, -0.2) is 5.75 Å². The predicted molar refractivity (Wildman–Crippen MR) is 42.4 cm³/mol. The molecule has 0 fully saturated rings. The van der Waals surface area contributed by atoms with Gasteiger partial charge in [0.2, 0.25) is 0 Å². The van der Waals surface area contributed by atoms with Gasteiger partial charge in [-0.2, -0.15) is 0 Å². The first kappa shape index (κ1) is 5.36. The lowest BCUT2D eigenvalue weighted by atomic mass is 10.2. The minimum Gasteiger partial charge on any atom is -0.121 e. The van der Waals surface area contributed by atoms with E-state index in [0.717, 1.165) is 0 Å². The molecule has 0 nitrogen and oxygen atoms in total. The third kappa shape index (κ3) is 0.681. The summed E-state index contributed by atoms with van der Waals surface area (Å²) in [4.78, 5) is 1.47. The Labute approximate surface area is 59.3 Å². The fourth-order valence-corrected chi connectivity index (χ4v) is 2.25. The zero-order valence-corrected chi connectivity index (χ0v) is 6.16. The van der Waals surface area contributed by atoms with Crippen LogP contribution in [-0.2, 0) is 0 Å². The second-order valence-electron chi connectivity index (χ2n) is 2.37. The van der Waals surface area contributed by atoms with Gasteiger partial charge in [0, 0.05) is 10.7 Å². The molecule has 2 rings (SSSR count). The lowest BCUT2D eigenvalue weighted by molar-refractivity contribution is 1.39. The van der Waals surface area contributed by atoms with Gasteiger partial charge >= 0.3 is 0 Å². The molecule has 0 aromatic carbocycles. The van der Waals surface area contributed by atoms with Crippen molar-refractivity contribution in [2.75, 3.05) is 5.75 Å². The number of allylic oxidation sites excluding steroid dienone is 4. The first-order valence-corrected chi connectivity index (χ1v) is 4.08. The van der Waals surface area contributed by atoms with Crippen LogP contribution in [0.15, 0.2) is 34.3 Å². The highest BCUT2D eigenvalue weighted by Gasteiger charge is 2.16. The van der Waals surface area contributed by atoms with Crippen LogP contribution in [0.5, 0.6) is 0 Å². The van der Waals surface area contributed by atoms with E-state index in [1.54, 1.807) is 0 Å². The van der Waals surface area contributed by atoms with Crippen LogP contribution in [0.1, 0.15) is 6.92 Å². The van der Waals surface area contributed by atoms with Gasteiger partial charge < -0.3 is 0 Å². The monoisotopic (exact) mass is 136 g/mol. The van der Waals surface area contributed by atoms with Crippen LogP contribution in [0, 0.1) is 0 Å². The summed E-state index contributed by atoms with van der Waals surface area (Å²) in [5.74, 6) is 1.20. The Morgan fingerprint density at radius 2 is 2.44 bits per heavy atom. The van der Waals surface area contributed by atoms with Gasteiger partial charge in [0.05, 0.1) is 0 Å². The summed E-state index contributed by atoms with van der Waals surface area (Å²) in [6.07, 6.45) is 6.52. The van der Waals surface area contributed by atoms with Gasteiger partial charge in [0.25, 0.3) is 0 Å². The van der Waals surface area contributed by atoms with Crippen molar-refractivity contribution < 1.29 is 0 Å². The Bertz CT molecular complexity index is 231. The summed E-state index contributed by atoms with van der Waals surface area (Å²) < 4.78 is 0. The minimum absolute atomic E-state index is 1.20. The number of hydrogen-bond acceptors (Lipinski definition) is 1. The zero-order valence-electron chi connectivity index (χ0n) is 5.35. The maximum atomic E-state index is 2.21. The summed E-state index contributed by atoms with van der Waals surface area (Å²) in [5, 5.41) is 0. The fraction of sp³-hybridized carbons (Fsp3) is 0.250. The molecule has 0 amide bonds. The Hall–Kier alpha value is -0.430. The third-order valence-corrected chi connectivity index (χ3v) is 2.92. The molecule has 0 unspecified atom stereocenters. The van der Waals surface area contributed by atoms with Crippen molar-refractivity contribution in [2.24, 2.45) is 0 Å². The molecule has 1 aliphatic heterocycles. The van der Waals surface area contributed by atoms with E-state index in [0.29, 0.717) is 0 Å². The van der Waals surface area contributed by atoms with Gasteiger partial charge in [0.15, 0.2) is 0 Å². The number of thioether (sulfide) groups is 1. The van der Waals surface area contributed by atoms with Gasteiger partial charge in [-0.3, -0.25) is 0 Å². The van der Waals surface area contributed by atoms with E-state index in [1.165, 1.54) is 21.8 Å². The molecule has 0 spiro atoms. The predicted octanol–water partition coefficient (Wildman–Crippen LogP) is 2.50. The molecule has 1 heterocycles. The van der Waals surface area contributed by atoms with E-state index < -0.39 is 0 Å². The second-order valence-corrected chi connectivity index (χ2v) is 3.39. The van der Waals surface area contributed by atoms with Crippen LogP contribution in [0.4, 0.5) is 0 Å². The smallest absolute Gasteiger partial charge is 0.0197 e. The molecular weight excluding hydrogens is 128 g/mol. The molecule has 0 aromatic heterocycles. The molecule has 2 aliphatic rings. The van der Waals surface area contributed by atoms with E-state index in [1.807, 2.05) is 11.8 Å². The minimum atomic E-state index is 1.20. The molecule has 0 N–H and O–H groups in total. The highest BCUT2D eigenvalue weighted by molar-refractivity contribution is 8.03. The Balaban J connectivity index is 2.52. The molecule has 0 bridgehead atoms. The molecule has 1 heteroatoms. The molecule has 46 valence electrons. The highest BCUT2D eigenvalue weighted by atomic mass is 32.2. The maximum absolute atomic E-state index is 2.21. The molecule has 9 heavy (non-hydrogen) atoms. The molecular formula is C8H8S. The van der Waals surface area contributed by atoms with E-state index in [2.05, 4.69) is 25.2 Å². The Kier molecular flexibility index (Phi) is 1.06. The van der Waals surface area contributed by atoms with E-state index >= 15 is 0 Å². The molecule has 0 atom stereocenters. The van der Waals surface area contributed by atoms with Crippen LogP contribution < -0.4 is 0 Å². The van der Waals surface area contributed by atoms with E-state index in [9.17, 15) is 0 Å². The summed E-state index contributed by atoms with van der Waals surface area (Å²) >= 11 is 1.95. The van der Waals surface area contributed by atoms with Gasteiger partial charge in [-0.25, -0.2) is 0 Å². The van der Waals surface area contributed by atoms with Crippen molar-refractivity contribution in [1.82, 2.24) is 0 Å². The zero-order chi connectivity index (χ0) is 6.27. The van der Waals surface area contributed by atoms with Gasteiger partial charge in [-0.15, -0.1) is 11.8 Å². The average molecular weight is 136 g/mol. The molecule has 0 radical (unpaired) electrons. The Morgan fingerprint density at radius 1 is 1.56 bits per heavy atom. The topological polar surface area (TPSA) is 0 Å². The normalized spacial score (nSPS) is 23.0. The summed E-state index contributed by atoms with van der Waals surface area (Å²) in [5.41, 5.74) is 3.00. The molecule has 0 saturated carbocycles. The van der Waals surface area contributed by atoms with E-state index in [4.69, 9.17) is 0 Å². The van der Waals surface area contributed by atoms with Gasteiger partial charge in [0.1, 0.15) is 0 Å². The standard InChI is InChI=1S/C8H8S/c1-6-5-9-8-4-2-3-7(6)8/h2-4H,5H2,1H3. The maximum Gasteiger partial charge on any atom is 0.0197 e. The first-order valence-electron chi connectivity index (χ1n) is 3.09. The Morgan fingerprint density at radius 3 is 3.22 bits per heavy atom. The number of rotatable bonds is 0. The summed E-state index contributed by atoms with van der Waals surface area (Å²) in [7, 11) is 0. The largest absolute Gasteiger partial charge is 0.121 e. The lowest BCUT2D eigenvalue weighted by Gasteiger charge is -1.89.